The molecule has 0 radical (unpaired) electrons. The number of halogens is 2. The number of rotatable bonds is 2. The van der Waals surface area contributed by atoms with Gasteiger partial charge in [0.2, 0.25) is 5.88 Å². The van der Waals surface area contributed by atoms with Crippen molar-refractivity contribution in [3.63, 3.8) is 0 Å². The van der Waals surface area contributed by atoms with Gasteiger partial charge < -0.3 is 10.3 Å². The highest BCUT2D eigenvalue weighted by Crippen LogP contribution is 2.38. The van der Waals surface area contributed by atoms with Crippen molar-refractivity contribution < 1.29 is 4.52 Å². The molecule has 0 fully saturated rings. The number of nitrogens with zero attached hydrogens (tertiary/aromatic N) is 1. The van der Waals surface area contributed by atoms with Crippen LogP contribution in [0.25, 0.3) is 22.4 Å². The van der Waals surface area contributed by atoms with Crippen LogP contribution in [0.15, 0.2) is 57.5 Å². The first kappa shape index (κ1) is 13.6. The minimum atomic E-state index is 0.335. The molecule has 0 spiro atoms. The number of nitrogens with two attached hydrogens (primary N) is 1. The van der Waals surface area contributed by atoms with E-state index in [1.807, 2.05) is 48.5 Å². The fourth-order valence-corrected chi connectivity index (χ4v) is 3.00. The monoisotopic (exact) mass is 440 g/mol. The second kappa shape index (κ2) is 5.57. The van der Waals surface area contributed by atoms with Crippen LogP contribution in [-0.2, 0) is 0 Å². The van der Waals surface area contributed by atoms with Crippen LogP contribution in [0.5, 0.6) is 0 Å². The molecule has 0 unspecified atom stereocenters. The maximum Gasteiger partial charge on any atom is 0.230 e. The zero-order valence-electron chi connectivity index (χ0n) is 10.3. The van der Waals surface area contributed by atoms with Crippen molar-refractivity contribution in [3.8, 4) is 22.4 Å². The smallest absolute Gasteiger partial charge is 0.230 e. The van der Waals surface area contributed by atoms with E-state index in [9.17, 15) is 0 Å². The highest BCUT2D eigenvalue weighted by molar-refractivity contribution is 14.1. The van der Waals surface area contributed by atoms with E-state index in [1.54, 1.807) is 0 Å². The van der Waals surface area contributed by atoms with Gasteiger partial charge in [0.05, 0.1) is 5.56 Å². The lowest BCUT2D eigenvalue weighted by Gasteiger charge is -2.05. The Labute approximate surface area is 138 Å². The van der Waals surface area contributed by atoms with E-state index >= 15 is 0 Å². The Hall–Kier alpha value is -1.34. The van der Waals surface area contributed by atoms with Crippen molar-refractivity contribution in [2.45, 2.75) is 0 Å². The quantitative estimate of drug-likeness (QED) is 0.573. The summed E-state index contributed by atoms with van der Waals surface area (Å²) in [6.07, 6.45) is 0. The van der Waals surface area contributed by atoms with Crippen molar-refractivity contribution in [1.29, 1.82) is 0 Å². The highest BCUT2D eigenvalue weighted by Gasteiger charge is 2.19. The zero-order valence-corrected chi connectivity index (χ0v) is 14.1. The van der Waals surface area contributed by atoms with Gasteiger partial charge in [-0.2, -0.15) is 0 Å². The molecule has 0 atom stereocenters. The molecule has 3 rings (SSSR count). The first-order chi connectivity index (χ1) is 9.66. The molecule has 0 saturated carbocycles. The number of hydrogen-bond donors (Lipinski definition) is 1. The summed E-state index contributed by atoms with van der Waals surface area (Å²) >= 11 is 5.77. The standard InChI is InChI=1S/C15H10BrIN2O/c16-10-6-7-12(17)11(8-10)14-13(15(18)20-19-14)9-4-2-1-3-5-9/h1-8H,18H2. The van der Waals surface area contributed by atoms with E-state index in [2.05, 4.69) is 43.7 Å². The summed E-state index contributed by atoms with van der Waals surface area (Å²) in [6, 6.07) is 15.9. The molecular weight excluding hydrogens is 431 g/mol. The summed E-state index contributed by atoms with van der Waals surface area (Å²) in [5, 5.41) is 4.14. The van der Waals surface area contributed by atoms with Gasteiger partial charge in [0, 0.05) is 13.6 Å². The third-order valence-electron chi connectivity index (χ3n) is 2.96. The van der Waals surface area contributed by atoms with E-state index < -0.39 is 0 Å². The molecule has 1 aromatic heterocycles. The third kappa shape index (κ3) is 2.47. The van der Waals surface area contributed by atoms with Crippen molar-refractivity contribution in [2.24, 2.45) is 0 Å². The second-order valence-corrected chi connectivity index (χ2v) is 6.34. The van der Waals surface area contributed by atoms with Gasteiger partial charge in [0.25, 0.3) is 0 Å². The molecule has 0 aliphatic rings. The third-order valence-corrected chi connectivity index (χ3v) is 4.40. The van der Waals surface area contributed by atoms with Gasteiger partial charge in [-0.1, -0.05) is 51.4 Å². The molecule has 2 aromatic carbocycles. The maximum atomic E-state index is 5.96. The number of anilines is 1. The van der Waals surface area contributed by atoms with Crippen molar-refractivity contribution in [1.82, 2.24) is 5.16 Å². The van der Waals surface area contributed by atoms with Gasteiger partial charge in [-0.05, 0) is 46.4 Å². The Morgan fingerprint density at radius 2 is 1.85 bits per heavy atom. The highest BCUT2D eigenvalue weighted by atomic mass is 127. The van der Waals surface area contributed by atoms with Crippen molar-refractivity contribution in [2.75, 3.05) is 5.73 Å². The Kier molecular flexibility index (Phi) is 3.80. The van der Waals surface area contributed by atoms with Crippen LogP contribution in [-0.4, -0.2) is 5.16 Å². The lowest BCUT2D eigenvalue weighted by Crippen LogP contribution is -1.89. The molecule has 0 saturated heterocycles. The van der Waals surface area contributed by atoms with Crippen LogP contribution in [0.2, 0.25) is 0 Å². The molecule has 0 bridgehead atoms. The number of nitrogen functional groups attached to an aromatic ring is 1. The molecule has 5 heteroatoms. The summed E-state index contributed by atoms with van der Waals surface area (Å²) in [5.74, 6) is 0.335. The summed E-state index contributed by atoms with van der Waals surface area (Å²) in [5.41, 5.74) is 9.55. The molecule has 3 nitrogen and oxygen atoms in total. The fraction of sp³-hybridized carbons (Fsp3) is 0. The van der Waals surface area contributed by atoms with Gasteiger partial charge in [0.15, 0.2) is 0 Å². The summed E-state index contributed by atoms with van der Waals surface area (Å²) < 4.78 is 7.30. The van der Waals surface area contributed by atoms with Crippen LogP contribution in [0.4, 0.5) is 5.88 Å². The topological polar surface area (TPSA) is 52.0 Å². The number of aromatic nitrogens is 1. The molecule has 0 amide bonds. The minimum absolute atomic E-state index is 0.335. The molecule has 0 aliphatic heterocycles. The SMILES string of the molecule is Nc1onc(-c2cc(Br)ccc2I)c1-c1ccccc1. The Morgan fingerprint density at radius 3 is 2.60 bits per heavy atom. The Bertz CT molecular complexity index is 756. The molecule has 2 N–H and O–H groups in total. The zero-order chi connectivity index (χ0) is 14.1. The fourth-order valence-electron chi connectivity index (χ4n) is 2.05. The van der Waals surface area contributed by atoms with E-state index in [0.717, 1.165) is 30.4 Å². The normalized spacial score (nSPS) is 10.7. The van der Waals surface area contributed by atoms with E-state index in [0.29, 0.717) is 5.88 Å². The van der Waals surface area contributed by atoms with E-state index in [1.165, 1.54) is 0 Å². The second-order valence-electron chi connectivity index (χ2n) is 4.26. The molecule has 0 aliphatic carbocycles. The first-order valence-corrected chi connectivity index (χ1v) is 7.80. The molecule has 100 valence electrons. The Balaban J connectivity index is 2.24. The van der Waals surface area contributed by atoms with Gasteiger partial charge in [-0.15, -0.1) is 0 Å². The summed E-state index contributed by atoms with van der Waals surface area (Å²) in [6.45, 7) is 0. The number of hydrogen-bond acceptors (Lipinski definition) is 3. The molecular formula is C15H10BrIN2O. The lowest BCUT2D eigenvalue weighted by molar-refractivity contribution is 0.439. The van der Waals surface area contributed by atoms with Crippen LogP contribution >= 0.6 is 38.5 Å². The van der Waals surface area contributed by atoms with Crippen LogP contribution in [0.1, 0.15) is 0 Å². The van der Waals surface area contributed by atoms with Crippen molar-refractivity contribution >= 4 is 44.4 Å². The van der Waals surface area contributed by atoms with Crippen LogP contribution in [0, 0.1) is 3.57 Å². The maximum absolute atomic E-state index is 5.96. The van der Waals surface area contributed by atoms with Gasteiger partial charge in [-0.25, -0.2) is 0 Å². The number of benzene rings is 2. The van der Waals surface area contributed by atoms with Crippen LogP contribution < -0.4 is 5.73 Å². The average Bonchev–Trinajstić information content (AvgIpc) is 2.84. The molecule has 3 aromatic rings. The van der Waals surface area contributed by atoms with E-state index in [-0.39, 0.29) is 0 Å². The molecule has 20 heavy (non-hydrogen) atoms. The lowest BCUT2D eigenvalue weighted by atomic mass is 10.0. The van der Waals surface area contributed by atoms with Crippen LogP contribution in [0.3, 0.4) is 0 Å². The van der Waals surface area contributed by atoms with Crippen molar-refractivity contribution in [3.05, 3.63) is 56.6 Å². The summed E-state index contributed by atoms with van der Waals surface area (Å²) in [4.78, 5) is 0. The summed E-state index contributed by atoms with van der Waals surface area (Å²) in [7, 11) is 0. The predicted octanol–water partition coefficient (Wildman–Crippen LogP) is 4.96. The largest absolute Gasteiger partial charge is 0.367 e. The Morgan fingerprint density at radius 1 is 1.10 bits per heavy atom. The minimum Gasteiger partial charge on any atom is -0.367 e. The van der Waals surface area contributed by atoms with Gasteiger partial charge in [0.1, 0.15) is 5.69 Å². The van der Waals surface area contributed by atoms with Gasteiger partial charge >= 0.3 is 0 Å². The molecule has 1 heterocycles. The average molecular weight is 441 g/mol. The van der Waals surface area contributed by atoms with E-state index in [4.69, 9.17) is 10.3 Å². The van der Waals surface area contributed by atoms with Gasteiger partial charge in [-0.3, -0.25) is 0 Å². The first-order valence-electron chi connectivity index (χ1n) is 5.93. The predicted molar refractivity (Wildman–Crippen MR) is 92.2 cm³/mol.